The summed E-state index contributed by atoms with van der Waals surface area (Å²) in [5.74, 6) is -0.0436. The molecule has 1 unspecified atom stereocenters. The number of nitrogens with one attached hydrogen (secondary N) is 2. The van der Waals surface area contributed by atoms with Crippen molar-refractivity contribution in [1.82, 2.24) is 15.0 Å². The van der Waals surface area contributed by atoms with Gasteiger partial charge in [-0.3, -0.25) is 4.79 Å². The molecule has 5 nitrogen and oxygen atoms in total. The molecule has 0 radical (unpaired) electrons. The van der Waals surface area contributed by atoms with Gasteiger partial charge < -0.3 is 10.3 Å². The van der Waals surface area contributed by atoms with Crippen molar-refractivity contribution in [3.63, 3.8) is 0 Å². The first-order valence-electron chi connectivity index (χ1n) is 6.58. The average molecular weight is 318 g/mol. The van der Waals surface area contributed by atoms with E-state index in [0.29, 0.717) is 5.13 Å². The molecule has 2 heterocycles. The number of benzene rings is 1. The molecule has 7 heteroatoms. The maximum atomic E-state index is 12.3. The van der Waals surface area contributed by atoms with Crippen LogP contribution in [0.5, 0.6) is 0 Å². The smallest absolute Gasteiger partial charge is 0.239 e. The van der Waals surface area contributed by atoms with Gasteiger partial charge in [0.05, 0.1) is 16.3 Å². The Morgan fingerprint density at radius 2 is 2.33 bits per heavy atom. The third kappa shape index (κ3) is 3.25. The van der Waals surface area contributed by atoms with Gasteiger partial charge >= 0.3 is 0 Å². The second-order valence-electron chi connectivity index (χ2n) is 4.40. The molecule has 0 saturated heterocycles. The quantitative estimate of drug-likeness (QED) is 0.706. The molecule has 21 heavy (non-hydrogen) atoms. The number of carbonyl (C=O) groups excluding carboxylic acids is 1. The number of amides is 1. The van der Waals surface area contributed by atoms with E-state index >= 15 is 0 Å². The molecule has 1 amide bonds. The van der Waals surface area contributed by atoms with Gasteiger partial charge in [-0.15, -0.1) is 11.3 Å². The van der Waals surface area contributed by atoms with Crippen LogP contribution in [0.15, 0.2) is 41.0 Å². The first kappa shape index (κ1) is 14.1. The van der Waals surface area contributed by atoms with Crippen molar-refractivity contribution in [3.05, 3.63) is 35.8 Å². The van der Waals surface area contributed by atoms with E-state index < -0.39 is 0 Å². The van der Waals surface area contributed by atoms with E-state index in [1.807, 2.05) is 36.6 Å². The minimum atomic E-state index is -0.200. The fourth-order valence-corrected chi connectivity index (χ4v) is 3.37. The van der Waals surface area contributed by atoms with E-state index in [9.17, 15) is 4.79 Å². The van der Waals surface area contributed by atoms with Gasteiger partial charge in [-0.05, 0) is 18.6 Å². The largest absolute Gasteiger partial charge is 0.333 e. The molecule has 108 valence electrons. The number of nitrogens with zero attached hydrogens (tertiary/aromatic N) is 2. The van der Waals surface area contributed by atoms with Crippen LogP contribution in [0.1, 0.15) is 13.3 Å². The molecule has 2 aromatic heterocycles. The Balaban J connectivity index is 1.72. The second-order valence-corrected chi connectivity index (χ2v) is 6.49. The van der Waals surface area contributed by atoms with E-state index in [-0.39, 0.29) is 11.2 Å². The highest BCUT2D eigenvalue weighted by molar-refractivity contribution is 8.00. The molecule has 0 spiro atoms. The molecular formula is C14H14N4OS2. The molecule has 0 aliphatic heterocycles. The van der Waals surface area contributed by atoms with Crippen LogP contribution in [0.4, 0.5) is 5.13 Å². The molecule has 0 aliphatic carbocycles. The number of carbonyl (C=O) groups is 1. The molecular weight excluding hydrogens is 304 g/mol. The molecule has 0 bridgehead atoms. The maximum absolute atomic E-state index is 12.3. The summed E-state index contributed by atoms with van der Waals surface area (Å²) in [7, 11) is 0. The van der Waals surface area contributed by atoms with Crippen LogP contribution in [-0.2, 0) is 4.79 Å². The zero-order chi connectivity index (χ0) is 14.7. The molecule has 1 aromatic carbocycles. The maximum Gasteiger partial charge on any atom is 0.239 e. The topological polar surface area (TPSA) is 70.7 Å². The van der Waals surface area contributed by atoms with Crippen molar-refractivity contribution >= 4 is 45.2 Å². The van der Waals surface area contributed by atoms with Crippen LogP contribution < -0.4 is 5.32 Å². The van der Waals surface area contributed by atoms with Gasteiger partial charge in [0.25, 0.3) is 0 Å². The highest BCUT2D eigenvalue weighted by Crippen LogP contribution is 2.26. The van der Waals surface area contributed by atoms with Crippen molar-refractivity contribution in [2.75, 3.05) is 5.32 Å². The monoisotopic (exact) mass is 318 g/mol. The number of imidazole rings is 1. The normalized spacial score (nSPS) is 12.4. The zero-order valence-corrected chi connectivity index (χ0v) is 13.0. The Morgan fingerprint density at radius 3 is 3.05 bits per heavy atom. The van der Waals surface area contributed by atoms with Crippen molar-refractivity contribution in [2.24, 2.45) is 0 Å². The van der Waals surface area contributed by atoms with Crippen LogP contribution in [0.25, 0.3) is 11.0 Å². The summed E-state index contributed by atoms with van der Waals surface area (Å²) >= 11 is 2.86. The van der Waals surface area contributed by atoms with Crippen LogP contribution >= 0.6 is 23.1 Å². The number of thioether (sulfide) groups is 1. The third-order valence-electron chi connectivity index (χ3n) is 2.95. The van der Waals surface area contributed by atoms with E-state index in [0.717, 1.165) is 22.6 Å². The predicted molar refractivity (Wildman–Crippen MR) is 86.8 cm³/mol. The Bertz CT molecular complexity index is 705. The lowest BCUT2D eigenvalue weighted by atomic mass is 10.3. The van der Waals surface area contributed by atoms with Gasteiger partial charge in [0.1, 0.15) is 0 Å². The Hall–Kier alpha value is -1.86. The summed E-state index contributed by atoms with van der Waals surface area (Å²) in [5, 5.41) is 5.86. The lowest BCUT2D eigenvalue weighted by Crippen LogP contribution is -2.24. The third-order valence-corrected chi connectivity index (χ3v) is 4.88. The first-order valence-corrected chi connectivity index (χ1v) is 8.34. The fourth-order valence-electron chi connectivity index (χ4n) is 1.91. The molecule has 3 aromatic rings. The number of aromatic amines is 1. The molecule has 2 N–H and O–H groups in total. The van der Waals surface area contributed by atoms with E-state index in [2.05, 4.69) is 20.3 Å². The van der Waals surface area contributed by atoms with Crippen LogP contribution in [0, 0.1) is 0 Å². The fraction of sp³-hybridized carbons (Fsp3) is 0.214. The summed E-state index contributed by atoms with van der Waals surface area (Å²) in [5.41, 5.74) is 1.89. The molecule has 0 saturated carbocycles. The minimum absolute atomic E-state index is 0.0436. The number of hydrogen-bond donors (Lipinski definition) is 2. The van der Waals surface area contributed by atoms with Gasteiger partial charge in [0.2, 0.25) is 5.91 Å². The lowest BCUT2D eigenvalue weighted by molar-refractivity contribution is -0.115. The van der Waals surface area contributed by atoms with Gasteiger partial charge in [-0.2, -0.15) is 0 Å². The number of para-hydroxylation sites is 2. The van der Waals surface area contributed by atoms with E-state index in [1.165, 1.54) is 23.1 Å². The number of aromatic nitrogens is 3. The summed E-state index contributed by atoms with van der Waals surface area (Å²) in [4.78, 5) is 24.1. The SMILES string of the molecule is CCC(Sc1nc2ccccc2[nH]1)C(=O)Nc1nccs1. The van der Waals surface area contributed by atoms with Gasteiger partial charge in [-0.1, -0.05) is 30.8 Å². The highest BCUT2D eigenvalue weighted by Gasteiger charge is 2.20. The number of hydrogen-bond acceptors (Lipinski definition) is 5. The van der Waals surface area contributed by atoms with Crippen molar-refractivity contribution < 1.29 is 4.79 Å². The number of fused-ring (bicyclic) bond motifs is 1. The van der Waals surface area contributed by atoms with Gasteiger partial charge in [-0.25, -0.2) is 9.97 Å². The number of anilines is 1. The van der Waals surface area contributed by atoms with Crippen LogP contribution in [0.3, 0.4) is 0 Å². The first-order chi connectivity index (χ1) is 10.3. The molecule has 3 rings (SSSR count). The highest BCUT2D eigenvalue weighted by atomic mass is 32.2. The molecule has 0 fully saturated rings. The number of thiazole rings is 1. The Kier molecular flexibility index (Phi) is 4.21. The summed E-state index contributed by atoms with van der Waals surface area (Å²) in [6, 6.07) is 7.83. The zero-order valence-electron chi connectivity index (χ0n) is 11.4. The number of H-pyrrole nitrogens is 1. The minimum Gasteiger partial charge on any atom is -0.333 e. The van der Waals surface area contributed by atoms with E-state index in [4.69, 9.17) is 0 Å². The average Bonchev–Trinajstić information content (AvgIpc) is 3.12. The molecule has 1 atom stereocenters. The van der Waals surface area contributed by atoms with Gasteiger partial charge in [0, 0.05) is 11.6 Å². The van der Waals surface area contributed by atoms with Crippen LogP contribution in [0.2, 0.25) is 0 Å². The molecule has 0 aliphatic rings. The van der Waals surface area contributed by atoms with E-state index in [1.54, 1.807) is 6.20 Å². The van der Waals surface area contributed by atoms with Crippen molar-refractivity contribution in [2.45, 2.75) is 23.8 Å². The summed E-state index contributed by atoms with van der Waals surface area (Å²) in [6.45, 7) is 1.99. The Labute approximate surface area is 130 Å². The lowest BCUT2D eigenvalue weighted by Gasteiger charge is -2.11. The summed E-state index contributed by atoms with van der Waals surface area (Å²) < 4.78 is 0. The Morgan fingerprint density at radius 1 is 1.48 bits per heavy atom. The van der Waals surface area contributed by atoms with Crippen molar-refractivity contribution in [3.8, 4) is 0 Å². The second kappa shape index (κ2) is 6.28. The van der Waals surface area contributed by atoms with Gasteiger partial charge in [0.15, 0.2) is 10.3 Å². The summed E-state index contributed by atoms with van der Waals surface area (Å²) in [6.07, 6.45) is 2.40. The standard InChI is InChI=1S/C14H14N4OS2/c1-2-11(12(19)18-13-15-7-8-20-13)21-14-16-9-5-3-4-6-10(9)17-14/h3-8,11H,2H2,1H3,(H,16,17)(H,15,18,19). The predicted octanol–water partition coefficient (Wildman–Crippen LogP) is 3.53. The number of rotatable bonds is 5. The van der Waals surface area contributed by atoms with Crippen molar-refractivity contribution in [1.29, 1.82) is 0 Å². The van der Waals surface area contributed by atoms with Crippen LogP contribution in [-0.4, -0.2) is 26.1 Å².